The van der Waals surface area contributed by atoms with E-state index >= 15 is 0 Å². The minimum absolute atomic E-state index is 0.0417. The van der Waals surface area contributed by atoms with Gasteiger partial charge in [-0.15, -0.1) is 0 Å². The van der Waals surface area contributed by atoms with Crippen molar-refractivity contribution in [1.82, 2.24) is 4.98 Å². The third-order valence-electron chi connectivity index (χ3n) is 5.04. The fourth-order valence-corrected chi connectivity index (χ4v) is 4.04. The third kappa shape index (κ3) is 4.09. The fraction of sp³-hybridized carbons (Fsp3) is 0.300. The SMILES string of the molecule is CS(=O)(=O)c1ccc(F)c(NC(=O)C2CCN(c3nc4ccccc4o3)CC2)c1. The number of amides is 1. The molecule has 2 aromatic carbocycles. The molecule has 9 heteroatoms. The van der Waals surface area contributed by atoms with Crippen LogP contribution < -0.4 is 10.2 Å². The highest BCUT2D eigenvalue weighted by Crippen LogP contribution is 2.27. The van der Waals surface area contributed by atoms with E-state index in [1.807, 2.05) is 29.2 Å². The maximum atomic E-state index is 14.0. The van der Waals surface area contributed by atoms with Crippen molar-refractivity contribution in [2.45, 2.75) is 17.7 Å². The normalized spacial score (nSPS) is 15.6. The quantitative estimate of drug-likeness (QED) is 0.656. The molecule has 2 heterocycles. The van der Waals surface area contributed by atoms with Crippen LogP contribution in [0.2, 0.25) is 0 Å². The molecule has 1 aromatic heterocycles. The van der Waals surface area contributed by atoms with Gasteiger partial charge in [0.2, 0.25) is 5.91 Å². The Hall–Kier alpha value is -2.94. The first-order chi connectivity index (χ1) is 13.8. The summed E-state index contributed by atoms with van der Waals surface area (Å²) in [5.41, 5.74) is 1.37. The molecule has 1 amide bonds. The third-order valence-corrected chi connectivity index (χ3v) is 6.15. The summed E-state index contributed by atoms with van der Waals surface area (Å²) >= 11 is 0. The Balaban J connectivity index is 1.42. The minimum Gasteiger partial charge on any atom is -0.423 e. The van der Waals surface area contributed by atoms with Gasteiger partial charge in [-0.3, -0.25) is 4.79 Å². The predicted octanol–water partition coefficient (Wildman–Crippen LogP) is 3.23. The van der Waals surface area contributed by atoms with Crippen LogP contribution in [0.3, 0.4) is 0 Å². The number of halogens is 1. The average Bonchev–Trinajstić information content (AvgIpc) is 3.13. The van der Waals surface area contributed by atoms with Gasteiger partial charge in [0.05, 0.1) is 10.6 Å². The van der Waals surface area contributed by atoms with Crippen LogP contribution in [0, 0.1) is 11.7 Å². The molecule has 4 rings (SSSR count). The molecule has 0 aliphatic carbocycles. The summed E-state index contributed by atoms with van der Waals surface area (Å²) < 4.78 is 43.1. The number of carbonyl (C=O) groups excluding carboxylic acids is 1. The Kier molecular flexibility index (Phi) is 4.99. The predicted molar refractivity (Wildman–Crippen MR) is 107 cm³/mol. The lowest BCUT2D eigenvalue weighted by molar-refractivity contribution is -0.120. The smallest absolute Gasteiger partial charge is 0.298 e. The Morgan fingerprint density at radius 1 is 1.21 bits per heavy atom. The molecule has 7 nitrogen and oxygen atoms in total. The summed E-state index contributed by atoms with van der Waals surface area (Å²) in [6.07, 6.45) is 2.14. The standard InChI is InChI=1S/C20H20FN3O4S/c1-29(26,27)14-6-7-15(21)17(12-14)22-19(25)13-8-10-24(11-9-13)20-23-16-4-2-3-5-18(16)28-20/h2-7,12-13H,8-11H2,1H3,(H,22,25). The van der Waals surface area contributed by atoms with Gasteiger partial charge in [-0.1, -0.05) is 12.1 Å². The van der Waals surface area contributed by atoms with E-state index in [9.17, 15) is 17.6 Å². The van der Waals surface area contributed by atoms with Crippen molar-refractivity contribution < 1.29 is 22.0 Å². The van der Waals surface area contributed by atoms with Crippen LogP contribution in [0.5, 0.6) is 0 Å². The molecule has 1 aliphatic rings. The van der Waals surface area contributed by atoms with Crippen LogP contribution in [-0.4, -0.2) is 38.7 Å². The van der Waals surface area contributed by atoms with Gasteiger partial charge < -0.3 is 14.6 Å². The molecule has 0 radical (unpaired) electrons. The first kappa shape index (κ1) is 19.4. The second-order valence-electron chi connectivity index (χ2n) is 7.13. The zero-order valence-corrected chi connectivity index (χ0v) is 16.6. The first-order valence-corrected chi connectivity index (χ1v) is 11.1. The second kappa shape index (κ2) is 7.47. The van der Waals surface area contributed by atoms with Gasteiger partial charge in [-0.2, -0.15) is 4.98 Å². The lowest BCUT2D eigenvalue weighted by atomic mass is 9.96. The van der Waals surface area contributed by atoms with E-state index in [0.717, 1.165) is 23.9 Å². The maximum Gasteiger partial charge on any atom is 0.298 e. The first-order valence-electron chi connectivity index (χ1n) is 9.22. The van der Waals surface area contributed by atoms with Crippen LogP contribution in [0.25, 0.3) is 11.1 Å². The fourth-order valence-electron chi connectivity index (χ4n) is 3.39. The molecular weight excluding hydrogens is 397 g/mol. The highest BCUT2D eigenvalue weighted by Gasteiger charge is 2.28. The number of nitrogens with zero attached hydrogens (tertiary/aromatic N) is 2. The number of fused-ring (bicyclic) bond motifs is 1. The van der Waals surface area contributed by atoms with Crippen molar-refractivity contribution in [3.05, 3.63) is 48.3 Å². The maximum absolute atomic E-state index is 14.0. The van der Waals surface area contributed by atoms with Gasteiger partial charge in [-0.25, -0.2) is 12.8 Å². The van der Waals surface area contributed by atoms with Crippen LogP contribution in [0.1, 0.15) is 12.8 Å². The van der Waals surface area contributed by atoms with Crippen molar-refractivity contribution in [3.63, 3.8) is 0 Å². The summed E-state index contributed by atoms with van der Waals surface area (Å²) in [5, 5.41) is 2.53. The van der Waals surface area contributed by atoms with Crippen molar-refractivity contribution in [1.29, 1.82) is 0 Å². The number of benzene rings is 2. The number of para-hydroxylation sites is 2. The summed E-state index contributed by atoms with van der Waals surface area (Å²) in [4.78, 5) is 19.0. The van der Waals surface area contributed by atoms with Gasteiger partial charge in [0, 0.05) is 25.3 Å². The summed E-state index contributed by atoms with van der Waals surface area (Å²) in [6, 6.07) is 11.4. The zero-order chi connectivity index (χ0) is 20.6. The van der Waals surface area contributed by atoms with Crippen molar-refractivity contribution in [2.75, 3.05) is 29.6 Å². The van der Waals surface area contributed by atoms with Crippen LogP contribution >= 0.6 is 0 Å². The number of aromatic nitrogens is 1. The van der Waals surface area contributed by atoms with Crippen LogP contribution in [0.4, 0.5) is 16.1 Å². The number of sulfone groups is 1. The van der Waals surface area contributed by atoms with Gasteiger partial charge >= 0.3 is 0 Å². The average molecular weight is 417 g/mol. The molecule has 1 saturated heterocycles. The molecule has 3 aromatic rings. The molecule has 0 spiro atoms. The largest absolute Gasteiger partial charge is 0.423 e. The topological polar surface area (TPSA) is 92.5 Å². The highest BCUT2D eigenvalue weighted by molar-refractivity contribution is 7.90. The van der Waals surface area contributed by atoms with Gasteiger partial charge in [0.15, 0.2) is 15.4 Å². The summed E-state index contributed by atoms with van der Waals surface area (Å²) in [6.45, 7) is 1.16. The minimum atomic E-state index is -3.49. The van der Waals surface area contributed by atoms with Crippen LogP contribution in [-0.2, 0) is 14.6 Å². The molecule has 1 fully saturated rings. The molecule has 152 valence electrons. The second-order valence-corrected chi connectivity index (χ2v) is 9.14. The summed E-state index contributed by atoms with van der Waals surface area (Å²) in [5.74, 6) is -1.31. The van der Waals surface area contributed by atoms with Crippen molar-refractivity contribution in [3.8, 4) is 0 Å². The number of nitrogens with one attached hydrogen (secondary N) is 1. The van der Waals surface area contributed by atoms with E-state index in [2.05, 4.69) is 10.3 Å². The van der Waals surface area contributed by atoms with E-state index in [0.29, 0.717) is 37.5 Å². The molecular formula is C20H20FN3O4S. The van der Waals surface area contributed by atoms with E-state index in [-0.39, 0.29) is 22.4 Å². The lowest BCUT2D eigenvalue weighted by Crippen LogP contribution is -2.38. The molecule has 1 N–H and O–H groups in total. The number of oxazole rings is 1. The lowest BCUT2D eigenvalue weighted by Gasteiger charge is -2.30. The van der Waals surface area contributed by atoms with E-state index in [1.54, 1.807) is 0 Å². The molecule has 29 heavy (non-hydrogen) atoms. The Morgan fingerprint density at radius 2 is 1.93 bits per heavy atom. The van der Waals surface area contributed by atoms with Crippen LogP contribution in [0.15, 0.2) is 51.8 Å². The number of carbonyl (C=O) groups is 1. The number of anilines is 2. The molecule has 0 bridgehead atoms. The van der Waals surface area contributed by atoms with Gasteiger partial charge in [0.25, 0.3) is 6.01 Å². The molecule has 0 saturated carbocycles. The molecule has 0 unspecified atom stereocenters. The number of rotatable bonds is 4. The number of piperidine rings is 1. The van der Waals surface area contributed by atoms with Gasteiger partial charge in [-0.05, 0) is 43.2 Å². The molecule has 1 aliphatic heterocycles. The summed E-state index contributed by atoms with van der Waals surface area (Å²) in [7, 11) is -3.49. The Bertz CT molecular complexity index is 1130. The molecule has 0 atom stereocenters. The Morgan fingerprint density at radius 3 is 2.62 bits per heavy atom. The van der Waals surface area contributed by atoms with Crippen molar-refractivity contribution in [2.24, 2.45) is 5.92 Å². The monoisotopic (exact) mass is 417 g/mol. The number of hydrogen-bond donors (Lipinski definition) is 1. The van der Waals surface area contributed by atoms with Crippen molar-refractivity contribution >= 4 is 38.5 Å². The van der Waals surface area contributed by atoms with Gasteiger partial charge in [0.1, 0.15) is 11.3 Å². The Labute approximate surface area is 167 Å². The zero-order valence-electron chi connectivity index (χ0n) is 15.8. The highest BCUT2D eigenvalue weighted by atomic mass is 32.2. The van der Waals surface area contributed by atoms with E-state index < -0.39 is 15.7 Å². The number of hydrogen-bond acceptors (Lipinski definition) is 6. The van der Waals surface area contributed by atoms with E-state index in [1.165, 1.54) is 6.07 Å². The van der Waals surface area contributed by atoms with E-state index in [4.69, 9.17) is 4.42 Å².